The fourth-order valence-electron chi connectivity index (χ4n) is 2.07. The van der Waals surface area contributed by atoms with Crippen LogP contribution in [0.2, 0.25) is 0 Å². The maximum Gasteiger partial charge on any atom is 0.203 e. The van der Waals surface area contributed by atoms with Gasteiger partial charge in [0.15, 0.2) is 6.10 Å². The molecule has 4 heteroatoms. The average molecular weight is 290 g/mol. The molecule has 0 saturated carbocycles. The van der Waals surface area contributed by atoms with Gasteiger partial charge in [-0.15, -0.1) is 0 Å². The third-order valence-electron chi connectivity index (χ3n) is 3.18. The summed E-state index contributed by atoms with van der Waals surface area (Å²) in [7, 11) is 0. The Morgan fingerprint density at radius 1 is 1.05 bits per heavy atom. The lowest BCUT2D eigenvalue weighted by Gasteiger charge is -2.15. The van der Waals surface area contributed by atoms with Crippen LogP contribution in [0.5, 0.6) is 5.75 Å². The van der Waals surface area contributed by atoms with Crippen molar-refractivity contribution in [2.75, 3.05) is 0 Å². The highest BCUT2D eigenvalue weighted by Crippen LogP contribution is 2.19. The molecule has 0 heterocycles. The van der Waals surface area contributed by atoms with Gasteiger partial charge in [0, 0.05) is 23.8 Å². The highest BCUT2D eigenvalue weighted by Gasteiger charge is 2.19. The van der Waals surface area contributed by atoms with E-state index in [0.717, 1.165) is 29.3 Å². The van der Waals surface area contributed by atoms with Gasteiger partial charge < -0.3 is 4.74 Å². The van der Waals surface area contributed by atoms with Crippen molar-refractivity contribution in [1.29, 1.82) is 0 Å². The number of halogens is 2. The Morgan fingerprint density at radius 3 is 2.29 bits per heavy atom. The summed E-state index contributed by atoms with van der Waals surface area (Å²) in [4.78, 5) is 12.4. The smallest absolute Gasteiger partial charge is 0.203 e. The van der Waals surface area contributed by atoms with E-state index in [1.54, 1.807) is 13.0 Å². The van der Waals surface area contributed by atoms with Crippen molar-refractivity contribution >= 4 is 5.78 Å². The zero-order chi connectivity index (χ0) is 15.6. The highest BCUT2D eigenvalue weighted by molar-refractivity contribution is 6.00. The number of ketones is 1. The molecule has 2 rings (SSSR count). The molecule has 2 aromatic carbocycles. The maximum atomic E-state index is 13.1. The molecule has 0 saturated heterocycles. The van der Waals surface area contributed by atoms with E-state index < -0.39 is 17.7 Å². The van der Waals surface area contributed by atoms with E-state index in [1.165, 1.54) is 0 Å². The molecule has 0 aliphatic carbocycles. The van der Waals surface area contributed by atoms with Crippen LogP contribution in [-0.4, -0.2) is 11.9 Å². The molecule has 21 heavy (non-hydrogen) atoms. The van der Waals surface area contributed by atoms with E-state index in [2.05, 4.69) is 0 Å². The lowest BCUT2D eigenvalue weighted by molar-refractivity contribution is 0.0816. The molecule has 0 aliphatic rings. The summed E-state index contributed by atoms with van der Waals surface area (Å²) in [5.41, 5.74) is 2.36. The molecule has 0 fully saturated rings. The number of hydrogen-bond donors (Lipinski definition) is 0. The Bertz CT molecular complexity index is 660. The second-order valence-electron chi connectivity index (χ2n) is 5.05. The number of rotatable bonds is 4. The average Bonchev–Trinajstić information content (AvgIpc) is 2.39. The summed E-state index contributed by atoms with van der Waals surface area (Å²) in [6, 6.07) is 8.41. The SMILES string of the molecule is Cc1ccc(C)c(C(=O)C(C)Oc2cc(F)cc(F)c2)c1. The maximum absolute atomic E-state index is 13.1. The molecule has 1 atom stereocenters. The summed E-state index contributed by atoms with van der Waals surface area (Å²) in [6.45, 7) is 5.29. The van der Waals surface area contributed by atoms with Crippen molar-refractivity contribution < 1.29 is 18.3 Å². The normalized spacial score (nSPS) is 12.0. The van der Waals surface area contributed by atoms with E-state index in [9.17, 15) is 13.6 Å². The van der Waals surface area contributed by atoms with Gasteiger partial charge in [-0.25, -0.2) is 8.78 Å². The molecule has 0 aliphatic heterocycles. The molecule has 0 N–H and O–H groups in total. The molecule has 0 spiro atoms. The molecule has 110 valence electrons. The standard InChI is InChI=1S/C17H16F2O2/c1-10-4-5-11(2)16(6-10)17(20)12(3)21-15-8-13(18)7-14(19)9-15/h4-9,12H,1-3H3. The van der Waals surface area contributed by atoms with E-state index in [0.29, 0.717) is 5.56 Å². The highest BCUT2D eigenvalue weighted by atomic mass is 19.1. The first-order chi connectivity index (χ1) is 9.86. The van der Waals surface area contributed by atoms with Crippen molar-refractivity contribution in [2.24, 2.45) is 0 Å². The van der Waals surface area contributed by atoms with E-state index >= 15 is 0 Å². The van der Waals surface area contributed by atoms with Crippen LogP contribution < -0.4 is 4.74 Å². The number of benzene rings is 2. The number of aryl methyl sites for hydroxylation is 2. The first kappa shape index (κ1) is 15.2. The van der Waals surface area contributed by atoms with Gasteiger partial charge in [0.05, 0.1) is 0 Å². The van der Waals surface area contributed by atoms with Crippen LogP contribution in [0, 0.1) is 25.5 Å². The molecular formula is C17H16F2O2. The summed E-state index contributed by atoms with van der Waals surface area (Å²) in [6.07, 6.45) is -0.827. The van der Waals surface area contributed by atoms with Crippen molar-refractivity contribution in [3.05, 3.63) is 64.7 Å². The van der Waals surface area contributed by atoms with Gasteiger partial charge in [-0.1, -0.05) is 17.7 Å². The number of ether oxygens (including phenoxy) is 1. The van der Waals surface area contributed by atoms with Gasteiger partial charge >= 0.3 is 0 Å². The third-order valence-corrected chi connectivity index (χ3v) is 3.18. The van der Waals surface area contributed by atoms with E-state index in [-0.39, 0.29) is 11.5 Å². The minimum atomic E-state index is -0.827. The van der Waals surface area contributed by atoms with Gasteiger partial charge in [0.2, 0.25) is 5.78 Å². The summed E-state index contributed by atoms with van der Waals surface area (Å²) >= 11 is 0. The molecule has 0 radical (unpaired) electrons. The van der Waals surface area contributed by atoms with Crippen LogP contribution in [-0.2, 0) is 0 Å². The summed E-state index contributed by atoms with van der Waals surface area (Å²) in [5, 5.41) is 0. The first-order valence-electron chi connectivity index (χ1n) is 6.61. The van der Waals surface area contributed by atoms with Gasteiger partial charge in [-0.05, 0) is 32.4 Å². The lowest BCUT2D eigenvalue weighted by atomic mass is 9.99. The fraction of sp³-hybridized carbons (Fsp3) is 0.235. The van der Waals surface area contributed by atoms with Crippen LogP contribution in [0.15, 0.2) is 36.4 Å². The molecule has 2 nitrogen and oxygen atoms in total. The summed E-state index contributed by atoms with van der Waals surface area (Å²) in [5.74, 6) is -1.70. The largest absolute Gasteiger partial charge is 0.482 e. The number of Topliss-reactive ketones (excluding diaryl/α,β-unsaturated/α-hetero) is 1. The molecule has 0 amide bonds. The number of carbonyl (C=O) groups is 1. The molecule has 1 unspecified atom stereocenters. The Hall–Kier alpha value is -2.23. The molecule has 2 aromatic rings. The topological polar surface area (TPSA) is 26.3 Å². The minimum absolute atomic E-state index is 0.00124. The lowest BCUT2D eigenvalue weighted by Crippen LogP contribution is -2.24. The Balaban J connectivity index is 2.21. The quantitative estimate of drug-likeness (QED) is 0.788. The first-order valence-corrected chi connectivity index (χ1v) is 6.61. The van der Waals surface area contributed by atoms with Gasteiger partial charge in [-0.2, -0.15) is 0 Å². The van der Waals surface area contributed by atoms with Crippen molar-refractivity contribution in [1.82, 2.24) is 0 Å². The number of carbonyl (C=O) groups excluding carboxylic acids is 1. The van der Waals surface area contributed by atoms with Crippen molar-refractivity contribution in [2.45, 2.75) is 26.9 Å². The van der Waals surface area contributed by atoms with Crippen LogP contribution in [0.25, 0.3) is 0 Å². The third kappa shape index (κ3) is 3.66. The minimum Gasteiger partial charge on any atom is -0.482 e. The van der Waals surface area contributed by atoms with Crippen LogP contribution in [0.1, 0.15) is 28.4 Å². The second-order valence-corrected chi connectivity index (χ2v) is 5.05. The zero-order valence-corrected chi connectivity index (χ0v) is 12.1. The van der Waals surface area contributed by atoms with Crippen molar-refractivity contribution in [3.63, 3.8) is 0 Å². The van der Waals surface area contributed by atoms with Gasteiger partial charge in [0.25, 0.3) is 0 Å². The zero-order valence-electron chi connectivity index (χ0n) is 12.1. The fourth-order valence-corrected chi connectivity index (χ4v) is 2.07. The predicted octanol–water partition coefficient (Wildman–Crippen LogP) is 4.23. The Kier molecular flexibility index (Phi) is 4.36. The second kappa shape index (κ2) is 6.04. The number of hydrogen-bond acceptors (Lipinski definition) is 2. The Labute approximate surface area is 122 Å². The van der Waals surface area contributed by atoms with Gasteiger partial charge in [-0.3, -0.25) is 4.79 Å². The van der Waals surface area contributed by atoms with Crippen LogP contribution in [0.4, 0.5) is 8.78 Å². The van der Waals surface area contributed by atoms with E-state index in [1.807, 2.05) is 26.0 Å². The van der Waals surface area contributed by atoms with Gasteiger partial charge in [0.1, 0.15) is 17.4 Å². The van der Waals surface area contributed by atoms with Crippen LogP contribution >= 0.6 is 0 Å². The van der Waals surface area contributed by atoms with Crippen molar-refractivity contribution in [3.8, 4) is 5.75 Å². The van der Waals surface area contributed by atoms with Crippen LogP contribution in [0.3, 0.4) is 0 Å². The Morgan fingerprint density at radius 2 is 1.67 bits per heavy atom. The molecular weight excluding hydrogens is 274 g/mol. The predicted molar refractivity (Wildman–Crippen MR) is 76.7 cm³/mol. The van der Waals surface area contributed by atoms with E-state index in [4.69, 9.17) is 4.74 Å². The summed E-state index contributed by atoms with van der Waals surface area (Å²) < 4.78 is 31.6. The molecule has 0 bridgehead atoms. The monoisotopic (exact) mass is 290 g/mol. The molecule has 0 aromatic heterocycles.